The van der Waals surface area contributed by atoms with Gasteiger partial charge in [0.1, 0.15) is 0 Å². The summed E-state index contributed by atoms with van der Waals surface area (Å²) in [5, 5.41) is 20.4. The van der Waals surface area contributed by atoms with Crippen LogP contribution < -0.4 is 0 Å². The van der Waals surface area contributed by atoms with Gasteiger partial charge in [0.2, 0.25) is 0 Å². The predicted octanol–water partition coefficient (Wildman–Crippen LogP) is -0.00750. The molecule has 0 saturated carbocycles. The Labute approximate surface area is 40.8 Å². The van der Waals surface area contributed by atoms with Crippen molar-refractivity contribution < 1.29 is 30.1 Å². The monoisotopic (exact) mass is 130 g/mol. The molecule has 7 heavy (non-hydrogen) atoms. The van der Waals surface area contributed by atoms with Crippen molar-refractivity contribution in [3.8, 4) is 0 Å². The minimum Gasteiger partial charge on any atom is -0.219 e. The average Bonchev–Trinajstić information content (AvgIpc) is 1.69. The van der Waals surface area contributed by atoms with Crippen molar-refractivity contribution in [3.05, 3.63) is 0 Å². The summed E-state index contributed by atoms with van der Waals surface area (Å²) in [5.74, 6) is 0. The van der Waals surface area contributed by atoms with Crippen molar-refractivity contribution in [3.63, 3.8) is 0 Å². The summed E-state index contributed by atoms with van der Waals surface area (Å²) in [5.41, 5.74) is 0. The second-order valence-corrected chi connectivity index (χ2v) is 0.567. The molecule has 1 unspecified atom stereocenters. The van der Waals surface area contributed by atoms with Gasteiger partial charge in [-0.2, -0.15) is 4.67 Å². The van der Waals surface area contributed by atoms with E-state index in [0.717, 1.165) is 0 Å². The molecule has 0 aliphatic rings. The molecule has 0 saturated heterocycles. The van der Waals surface area contributed by atoms with Gasteiger partial charge in [-0.25, -0.2) is 5.26 Å². The van der Waals surface area contributed by atoms with Gasteiger partial charge in [0.25, 0.3) is 0 Å². The summed E-state index contributed by atoms with van der Waals surface area (Å²) < 4.78 is 3.72. The second kappa shape index (κ2) is 6.19. The van der Waals surface area contributed by atoms with E-state index in [1.165, 1.54) is 0 Å². The molecule has 7 heteroatoms. The molecule has 0 bridgehead atoms. The first-order valence-corrected chi connectivity index (χ1v) is 1.56. The fourth-order valence-electron chi connectivity index (χ4n) is 0.0398. The van der Waals surface area contributed by atoms with Crippen molar-refractivity contribution >= 4 is 9.47 Å². The Morgan fingerprint density at radius 3 is 2.29 bits per heavy atom. The van der Waals surface area contributed by atoms with E-state index in [1.807, 2.05) is 0 Å². The van der Waals surface area contributed by atoms with Crippen LogP contribution in [0.1, 0.15) is 0 Å². The molecule has 0 aromatic heterocycles. The normalized spacial score (nSPS) is 9.43. The fraction of sp³-hybridized carbons (Fsp3) is 0. The first kappa shape index (κ1) is 7.19. The van der Waals surface area contributed by atoms with Gasteiger partial charge in [0.15, 0.2) is 0 Å². The molecule has 44 valence electrons. The van der Waals surface area contributed by atoms with Crippen LogP contribution in [0.4, 0.5) is 0 Å². The van der Waals surface area contributed by atoms with E-state index in [9.17, 15) is 0 Å². The highest BCUT2D eigenvalue weighted by atomic mass is 31.0. The lowest BCUT2D eigenvalue weighted by Crippen LogP contribution is -1.91. The highest BCUT2D eigenvalue weighted by molar-refractivity contribution is 7.09. The summed E-state index contributed by atoms with van der Waals surface area (Å²) in [6, 6.07) is 0. The van der Waals surface area contributed by atoms with Crippen molar-refractivity contribution in [2.45, 2.75) is 0 Å². The average molecular weight is 130 g/mol. The van der Waals surface area contributed by atoms with Gasteiger partial charge in [0.05, 0.1) is 0 Å². The smallest absolute Gasteiger partial charge is 0.0457 e. The molecule has 1 N–H and O–H groups in total. The van der Waals surface area contributed by atoms with Crippen molar-refractivity contribution in [1.29, 1.82) is 0 Å². The van der Waals surface area contributed by atoms with E-state index in [-0.39, 0.29) is 0 Å². The topological polar surface area (TPSA) is 66.4 Å². The van der Waals surface area contributed by atoms with E-state index in [1.54, 1.807) is 9.47 Å². The van der Waals surface area contributed by atoms with Crippen LogP contribution in [-0.4, -0.2) is 5.26 Å². The summed E-state index contributed by atoms with van der Waals surface area (Å²) in [6.07, 6.45) is 0. The molecule has 0 aliphatic heterocycles. The minimum absolute atomic E-state index is 1.69. The Bertz CT molecular complexity index is 23.4. The molecule has 6 nitrogen and oxygen atoms in total. The Morgan fingerprint density at radius 1 is 1.14 bits per heavy atom. The van der Waals surface area contributed by atoms with Crippen LogP contribution in [0.3, 0.4) is 0 Å². The van der Waals surface area contributed by atoms with Crippen molar-refractivity contribution in [1.82, 2.24) is 0 Å². The fourth-order valence-corrected chi connectivity index (χ4v) is 0.0719. The third-order valence-corrected chi connectivity index (χ3v) is 0.204. The summed E-state index contributed by atoms with van der Waals surface area (Å²) >= 11 is 0. The van der Waals surface area contributed by atoms with E-state index in [4.69, 9.17) is 5.26 Å². The molecular formula is H3O6P. The molecule has 0 fully saturated rings. The number of rotatable bonds is 4. The zero-order chi connectivity index (χ0) is 5.54. The lowest BCUT2D eigenvalue weighted by atomic mass is 14.2. The molecule has 0 aromatic rings. The lowest BCUT2D eigenvalue weighted by molar-refractivity contribution is -0.740. The SMILES string of the molecule is OOOOOOP. The van der Waals surface area contributed by atoms with Crippen LogP contribution in [0.5, 0.6) is 0 Å². The number of hydrogen-bond acceptors (Lipinski definition) is 6. The Morgan fingerprint density at radius 2 is 1.86 bits per heavy atom. The van der Waals surface area contributed by atoms with E-state index in [0.29, 0.717) is 0 Å². The Hall–Kier alpha value is 0.190. The van der Waals surface area contributed by atoms with E-state index in [2.05, 4.69) is 24.8 Å². The predicted molar refractivity (Wildman–Crippen MR) is 17.8 cm³/mol. The van der Waals surface area contributed by atoms with Gasteiger partial charge in [0, 0.05) is 9.47 Å². The Kier molecular flexibility index (Phi) is 6.36. The molecule has 0 radical (unpaired) electrons. The third kappa shape index (κ3) is 6.19. The van der Waals surface area contributed by atoms with Crippen LogP contribution in [0, 0.1) is 0 Å². The van der Waals surface area contributed by atoms with Crippen LogP contribution in [0.25, 0.3) is 0 Å². The summed E-state index contributed by atoms with van der Waals surface area (Å²) in [4.78, 5) is 0. The van der Waals surface area contributed by atoms with Gasteiger partial charge in [-0.1, -0.05) is 0 Å². The summed E-state index contributed by atoms with van der Waals surface area (Å²) in [6.45, 7) is 0. The van der Waals surface area contributed by atoms with E-state index >= 15 is 0 Å². The van der Waals surface area contributed by atoms with E-state index < -0.39 is 0 Å². The molecule has 0 amide bonds. The van der Waals surface area contributed by atoms with Crippen molar-refractivity contribution in [2.75, 3.05) is 0 Å². The van der Waals surface area contributed by atoms with Gasteiger partial charge in [-0.3, -0.25) is 0 Å². The van der Waals surface area contributed by atoms with Gasteiger partial charge in [-0.15, -0.1) is 0 Å². The van der Waals surface area contributed by atoms with Crippen LogP contribution in [-0.2, 0) is 24.8 Å². The maximum atomic E-state index is 7.30. The Balaban J connectivity index is 2.45. The number of hydrogen-bond donors (Lipinski definition) is 1. The third-order valence-electron chi connectivity index (χ3n) is 0.125. The zero-order valence-corrected chi connectivity index (χ0v) is 4.22. The molecule has 0 rings (SSSR count). The quantitative estimate of drug-likeness (QED) is 0.250. The minimum atomic E-state index is 1.69. The van der Waals surface area contributed by atoms with Crippen LogP contribution >= 0.6 is 9.47 Å². The van der Waals surface area contributed by atoms with Crippen molar-refractivity contribution in [2.24, 2.45) is 0 Å². The molecular weight excluding hydrogens is 127 g/mol. The van der Waals surface area contributed by atoms with Crippen LogP contribution in [0.15, 0.2) is 0 Å². The first-order chi connectivity index (χ1) is 3.41. The highest BCUT2D eigenvalue weighted by Gasteiger charge is 1.81. The van der Waals surface area contributed by atoms with Gasteiger partial charge >= 0.3 is 0 Å². The highest BCUT2D eigenvalue weighted by Crippen LogP contribution is 1.87. The summed E-state index contributed by atoms with van der Waals surface area (Å²) in [7, 11) is 1.69. The first-order valence-electron chi connectivity index (χ1n) is 1.08. The maximum Gasteiger partial charge on any atom is 0.0457 e. The largest absolute Gasteiger partial charge is 0.219 e. The van der Waals surface area contributed by atoms with Gasteiger partial charge < -0.3 is 0 Å². The lowest BCUT2D eigenvalue weighted by Gasteiger charge is -1.89. The second-order valence-electron chi connectivity index (χ2n) is 0.375. The molecule has 0 aromatic carbocycles. The molecule has 0 aliphatic carbocycles. The zero-order valence-electron chi connectivity index (χ0n) is 3.07. The molecule has 0 spiro atoms. The van der Waals surface area contributed by atoms with Gasteiger partial charge in [-0.05, 0) is 20.2 Å². The molecule has 1 atom stereocenters. The molecule has 0 heterocycles. The standard InChI is InChI=1S/H3O6P/c1-2-3-4-5-6-7/h1H,7H2. The maximum absolute atomic E-state index is 7.30. The van der Waals surface area contributed by atoms with Crippen LogP contribution in [0.2, 0.25) is 0 Å².